The van der Waals surface area contributed by atoms with Crippen molar-refractivity contribution in [2.75, 3.05) is 50.3 Å². The molecule has 0 aliphatic carbocycles. The number of Topliss-reactive ketones (excluding diaryl/α,β-unsaturated/α-hetero) is 2. The number of ether oxygens (including phenoxy) is 4. The SMILES string of the molecule is CC(=O)CC(=O)Nc1ccc(OCCOCCOCCOc2ccc(NC(=O)CC(C)=O)cc2)cc1. The number of hydrogen-bond donors (Lipinski definition) is 2. The molecule has 0 atom stereocenters. The van der Waals surface area contributed by atoms with E-state index in [9.17, 15) is 19.2 Å². The van der Waals surface area contributed by atoms with Crippen molar-refractivity contribution in [3.8, 4) is 11.5 Å². The maximum absolute atomic E-state index is 11.6. The van der Waals surface area contributed by atoms with E-state index >= 15 is 0 Å². The summed E-state index contributed by atoms with van der Waals surface area (Å²) in [6.45, 7) is 5.09. The molecule has 0 unspecified atom stereocenters. The molecule has 2 amide bonds. The largest absolute Gasteiger partial charge is 0.491 e. The Bertz CT molecular complexity index is 909. The summed E-state index contributed by atoms with van der Waals surface area (Å²) in [7, 11) is 0. The van der Waals surface area contributed by atoms with Crippen LogP contribution in [0.4, 0.5) is 11.4 Å². The van der Waals surface area contributed by atoms with E-state index in [1.807, 2.05) is 0 Å². The molecule has 194 valence electrons. The number of amides is 2. The number of anilines is 2. The highest BCUT2D eigenvalue weighted by Crippen LogP contribution is 2.17. The molecule has 10 nitrogen and oxygen atoms in total. The van der Waals surface area contributed by atoms with Crippen LogP contribution in [0.3, 0.4) is 0 Å². The van der Waals surface area contributed by atoms with E-state index in [1.54, 1.807) is 48.5 Å². The van der Waals surface area contributed by atoms with Crippen molar-refractivity contribution in [3.63, 3.8) is 0 Å². The average Bonchev–Trinajstić information content (AvgIpc) is 2.81. The lowest BCUT2D eigenvalue weighted by Crippen LogP contribution is -2.15. The van der Waals surface area contributed by atoms with Crippen LogP contribution in [0.1, 0.15) is 26.7 Å². The number of rotatable bonds is 17. The second-order valence-electron chi connectivity index (χ2n) is 7.82. The monoisotopic (exact) mass is 500 g/mol. The number of carbonyl (C=O) groups is 4. The summed E-state index contributed by atoms with van der Waals surface area (Å²) in [5, 5.41) is 5.28. The molecular formula is C26H32N2O8. The zero-order chi connectivity index (χ0) is 26.2. The molecule has 0 bridgehead atoms. The highest BCUT2D eigenvalue weighted by atomic mass is 16.6. The number of ketones is 2. The van der Waals surface area contributed by atoms with Gasteiger partial charge in [-0.05, 0) is 62.4 Å². The van der Waals surface area contributed by atoms with Crippen LogP contribution in [0, 0.1) is 0 Å². The molecule has 36 heavy (non-hydrogen) atoms. The lowest BCUT2D eigenvalue weighted by molar-refractivity contribution is -0.125. The van der Waals surface area contributed by atoms with Gasteiger partial charge in [0.05, 0.1) is 39.3 Å². The maximum Gasteiger partial charge on any atom is 0.231 e. The molecule has 0 spiro atoms. The molecule has 0 saturated heterocycles. The Balaban J connectivity index is 1.47. The normalized spacial score (nSPS) is 10.4. The smallest absolute Gasteiger partial charge is 0.231 e. The van der Waals surface area contributed by atoms with Crippen LogP contribution >= 0.6 is 0 Å². The van der Waals surface area contributed by atoms with Gasteiger partial charge in [-0.25, -0.2) is 0 Å². The number of hydrogen-bond acceptors (Lipinski definition) is 8. The van der Waals surface area contributed by atoms with E-state index in [1.165, 1.54) is 13.8 Å². The fourth-order valence-corrected chi connectivity index (χ4v) is 2.89. The van der Waals surface area contributed by atoms with Gasteiger partial charge in [0, 0.05) is 11.4 Å². The van der Waals surface area contributed by atoms with Gasteiger partial charge >= 0.3 is 0 Å². The third-order valence-corrected chi connectivity index (χ3v) is 4.46. The molecule has 0 aromatic heterocycles. The summed E-state index contributed by atoms with van der Waals surface area (Å²) in [6.07, 6.45) is -0.292. The molecule has 2 rings (SSSR count). The zero-order valence-corrected chi connectivity index (χ0v) is 20.5. The first-order valence-corrected chi connectivity index (χ1v) is 11.5. The van der Waals surface area contributed by atoms with Gasteiger partial charge in [0.2, 0.25) is 11.8 Å². The van der Waals surface area contributed by atoms with Crippen molar-refractivity contribution in [1.29, 1.82) is 0 Å². The van der Waals surface area contributed by atoms with Crippen LogP contribution < -0.4 is 20.1 Å². The second-order valence-corrected chi connectivity index (χ2v) is 7.82. The molecule has 0 aliphatic rings. The fourth-order valence-electron chi connectivity index (χ4n) is 2.89. The molecule has 0 fully saturated rings. The highest BCUT2D eigenvalue weighted by Gasteiger charge is 2.06. The van der Waals surface area contributed by atoms with Gasteiger partial charge in [-0.15, -0.1) is 0 Å². The predicted octanol–water partition coefficient (Wildman–Crippen LogP) is 3.01. The fraction of sp³-hybridized carbons (Fsp3) is 0.385. The van der Waals surface area contributed by atoms with Crippen LogP contribution in [0.15, 0.2) is 48.5 Å². The molecule has 0 aliphatic heterocycles. The highest BCUT2D eigenvalue weighted by molar-refractivity contribution is 6.04. The summed E-state index contributed by atoms with van der Waals surface area (Å²) in [5.74, 6) is 0.213. The lowest BCUT2D eigenvalue weighted by Gasteiger charge is -2.10. The van der Waals surface area contributed by atoms with E-state index in [2.05, 4.69) is 10.6 Å². The first kappa shape index (κ1) is 28.5. The molecule has 10 heteroatoms. The molecule has 2 N–H and O–H groups in total. The first-order valence-electron chi connectivity index (χ1n) is 11.5. The van der Waals surface area contributed by atoms with E-state index in [-0.39, 0.29) is 36.2 Å². The molecule has 2 aromatic carbocycles. The number of benzene rings is 2. The Kier molecular flexibility index (Phi) is 12.7. The molecular weight excluding hydrogens is 468 g/mol. The molecule has 0 heterocycles. The summed E-state index contributed by atoms with van der Waals surface area (Å²) in [6, 6.07) is 13.7. The van der Waals surface area contributed by atoms with Crippen LogP contribution in [0.2, 0.25) is 0 Å². The Morgan fingerprint density at radius 1 is 0.556 bits per heavy atom. The van der Waals surface area contributed by atoms with Crippen molar-refractivity contribution in [2.45, 2.75) is 26.7 Å². The summed E-state index contributed by atoms with van der Waals surface area (Å²) >= 11 is 0. The van der Waals surface area contributed by atoms with Crippen LogP contribution in [0.5, 0.6) is 11.5 Å². The van der Waals surface area contributed by atoms with Crippen LogP contribution in [-0.2, 0) is 28.7 Å². The van der Waals surface area contributed by atoms with E-state index in [0.29, 0.717) is 62.5 Å². The van der Waals surface area contributed by atoms with Crippen molar-refractivity contribution in [2.24, 2.45) is 0 Å². The van der Waals surface area contributed by atoms with Crippen molar-refractivity contribution in [3.05, 3.63) is 48.5 Å². The van der Waals surface area contributed by atoms with E-state index in [4.69, 9.17) is 18.9 Å². The minimum Gasteiger partial charge on any atom is -0.491 e. The predicted molar refractivity (Wildman–Crippen MR) is 133 cm³/mol. The third kappa shape index (κ3) is 12.6. The van der Waals surface area contributed by atoms with Crippen LogP contribution in [-0.4, -0.2) is 63.0 Å². The van der Waals surface area contributed by atoms with Crippen molar-refractivity contribution in [1.82, 2.24) is 0 Å². The molecule has 2 aromatic rings. The van der Waals surface area contributed by atoms with Gasteiger partial charge in [-0.2, -0.15) is 0 Å². The average molecular weight is 501 g/mol. The van der Waals surface area contributed by atoms with Gasteiger partial charge in [-0.3, -0.25) is 19.2 Å². The van der Waals surface area contributed by atoms with Gasteiger partial charge in [0.1, 0.15) is 36.3 Å². The Labute approximate surface area is 210 Å². The standard InChI is InChI=1S/C26H32N2O8/c1-19(29)17-25(31)27-21-3-7-23(8-4-21)35-15-13-33-11-12-34-14-16-36-24-9-5-22(6-10-24)28-26(32)18-20(2)30/h3-10H,11-18H2,1-2H3,(H,27,31)(H,28,32). The molecule has 0 radical (unpaired) electrons. The minimum atomic E-state index is -0.345. The Hall–Kier alpha value is -3.76. The van der Waals surface area contributed by atoms with E-state index < -0.39 is 0 Å². The van der Waals surface area contributed by atoms with Crippen molar-refractivity contribution < 1.29 is 38.1 Å². The minimum absolute atomic E-state index is 0.146. The van der Waals surface area contributed by atoms with E-state index in [0.717, 1.165) is 0 Å². The summed E-state index contributed by atoms with van der Waals surface area (Å²) < 4.78 is 22.1. The van der Waals surface area contributed by atoms with Gasteiger partial charge in [0.15, 0.2) is 0 Å². The Morgan fingerprint density at radius 2 is 0.889 bits per heavy atom. The zero-order valence-electron chi connectivity index (χ0n) is 20.5. The van der Waals surface area contributed by atoms with Gasteiger partial charge in [0.25, 0.3) is 0 Å². The van der Waals surface area contributed by atoms with Crippen molar-refractivity contribution >= 4 is 34.8 Å². The van der Waals surface area contributed by atoms with Crippen LogP contribution in [0.25, 0.3) is 0 Å². The third-order valence-electron chi connectivity index (χ3n) is 4.46. The topological polar surface area (TPSA) is 129 Å². The number of nitrogens with one attached hydrogen (secondary N) is 2. The summed E-state index contributed by atoms with van der Waals surface area (Å²) in [4.78, 5) is 45.0. The lowest BCUT2D eigenvalue weighted by atomic mass is 10.2. The van der Waals surface area contributed by atoms with Gasteiger partial charge < -0.3 is 29.6 Å². The molecule has 0 saturated carbocycles. The quantitative estimate of drug-likeness (QED) is 0.251. The first-order chi connectivity index (χ1) is 17.3. The summed E-state index contributed by atoms with van der Waals surface area (Å²) in [5.41, 5.74) is 1.19. The Morgan fingerprint density at radius 3 is 1.22 bits per heavy atom. The maximum atomic E-state index is 11.6. The van der Waals surface area contributed by atoms with Gasteiger partial charge in [-0.1, -0.05) is 0 Å². The number of carbonyl (C=O) groups excluding carboxylic acids is 4. The second kappa shape index (κ2) is 16.0.